The fraction of sp³-hybridized carbons (Fsp3) is 0.588. The number of carbonyl (C=O) groups is 1. The van der Waals surface area contributed by atoms with Crippen LogP contribution in [0.3, 0.4) is 0 Å². The first kappa shape index (κ1) is 16.0. The zero-order valence-electron chi connectivity index (χ0n) is 13.1. The lowest BCUT2D eigenvalue weighted by Crippen LogP contribution is -2.44. The Hall–Kier alpha value is -1.39. The summed E-state index contributed by atoms with van der Waals surface area (Å²) in [5.74, 6) is -0.314. The summed E-state index contributed by atoms with van der Waals surface area (Å²) < 4.78 is 10.8. The van der Waals surface area contributed by atoms with Crippen LogP contribution in [-0.4, -0.2) is 43.3 Å². The molecule has 1 aliphatic rings. The van der Waals surface area contributed by atoms with Crippen molar-refractivity contribution in [1.29, 1.82) is 0 Å². The summed E-state index contributed by atoms with van der Waals surface area (Å²) in [5, 5.41) is 0. The van der Waals surface area contributed by atoms with E-state index in [1.807, 2.05) is 32.0 Å². The fourth-order valence-electron chi connectivity index (χ4n) is 3.16. The van der Waals surface area contributed by atoms with Gasteiger partial charge in [-0.15, -0.1) is 0 Å². The van der Waals surface area contributed by atoms with E-state index < -0.39 is 0 Å². The fourth-order valence-corrected chi connectivity index (χ4v) is 3.16. The van der Waals surface area contributed by atoms with Crippen LogP contribution in [0.5, 0.6) is 0 Å². The molecule has 2 rings (SSSR count). The molecule has 21 heavy (non-hydrogen) atoms. The van der Waals surface area contributed by atoms with E-state index in [1.165, 1.54) is 5.56 Å². The number of carbonyl (C=O) groups excluding carboxylic acids is 1. The molecule has 0 N–H and O–H groups in total. The van der Waals surface area contributed by atoms with Crippen molar-refractivity contribution < 1.29 is 14.3 Å². The maximum atomic E-state index is 12.1. The van der Waals surface area contributed by atoms with Gasteiger partial charge in [-0.2, -0.15) is 0 Å². The quantitative estimate of drug-likeness (QED) is 0.755. The van der Waals surface area contributed by atoms with Crippen LogP contribution < -0.4 is 0 Å². The van der Waals surface area contributed by atoms with E-state index in [0.717, 1.165) is 19.5 Å². The van der Waals surface area contributed by atoms with Gasteiger partial charge < -0.3 is 9.47 Å². The second-order valence-corrected chi connectivity index (χ2v) is 5.55. The molecular formula is C17H25NO3. The molecular weight excluding hydrogens is 266 g/mol. The molecule has 0 amide bonds. The SMILES string of the molecule is CCOC(=O)[C@H](C)[C@@H]1[C@@H](OC)CCN1Cc1ccccc1. The minimum atomic E-state index is -0.180. The van der Waals surface area contributed by atoms with Gasteiger partial charge in [-0.05, 0) is 18.9 Å². The van der Waals surface area contributed by atoms with E-state index in [4.69, 9.17) is 9.47 Å². The Morgan fingerprint density at radius 1 is 1.38 bits per heavy atom. The summed E-state index contributed by atoms with van der Waals surface area (Å²) in [6.07, 6.45) is 1.05. The summed E-state index contributed by atoms with van der Waals surface area (Å²) in [6.45, 7) is 6.00. The molecule has 4 nitrogen and oxygen atoms in total. The second-order valence-electron chi connectivity index (χ2n) is 5.55. The number of ether oxygens (including phenoxy) is 2. The van der Waals surface area contributed by atoms with Crippen LogP contribution in [-0.2, 0) is 20.8 Å². The Kier molecular flexibility index (Phi) is 5.76. The Labute approximate surface area is 127 Å². The van der Waals surface area contributed by atoms with Crippen LogP contribution in [0.1, 0.15) is 25.8 Å². The first-order valence-corrected chi connectivity index (χ1v) is 7.64. The first-order valence-electron chi connectivity index (χ1n) is 7.64. The van der Waals surface area contributed by atoms with Crippen LogP contribution in [0.15, 0.2) is 30.3 Å². The first-order chi connectivity index (χ1) is 10.2. The van der Waals surface area contributed by atoms with Crippen molar-refractivity contribution in [2.45, 2.75) is 39.0 Å². The lowest BCUT2D eigenvalue weighted by Gasteiger charge is -2.31. The van der Waals surface area contributed by atoms with Gasteiger partial charge in [0, 0.05) is 26.2 Å². The molecule has 1 aromatic rings. The van der Waals surface area contributed by atoms with E-state index in [1.54, 1.807) is 7.11 Å². The zero-order valence-corrected chi connectivity index (χ0v) is 13.1. The molecule has 3 atom stereocenters. The maximum Gasteiger partial charge on any atom is 0.310 e. The highest BCUT2D eigenvalue weighted by Gasteiger charge is 2.41. The molecule has 1 aliphatic heterocycles. The molecule has 1 saturated heterocycles. The predicted octanol–water partition coefficient (Wildman–Crippen LogP) is 2.48. The highest BCUT2D eigenvalue weighted by atomic mass is 16.5. The van der Waals surface area contributed by atoms with E-state index >= 15 is 0 Å². The Morgan fingerprint density at radius 2 is 2.10 bits per heavy atom. The molecule has 4 heteroatoms. The molecule has 1 heterocycles. The smallest absolute Gasteiger partial charge is 0.310 e. The second kappa shape index (κ2) is 7.57. The Balaban J connectivity index is 2.10. The largest absolute Gasteiger partial charge is 0.466 e. The lowest BCUT2D eigenvalue weighted by atomic mass is 9.97. The normalized spacial score (nSPS) is 24.0. The molecule has 0 unspecified atom stereocenters. The van der Waals surface area contributed by atoms with Crippen molar-refractivity contribution in [1.82, 2.24) is 4.90 Å². The van der Waals surface area contributed by atoms with Gasteiger partial charge in [-0.3, -0.25) is 9.69 Å². The van der Waals surface area contributed by atoms with Crippen molar-refractivity contribution in [2.24, 2.45) is 5.92 Å². The van der Waals surface area contributed by atoms with Crippen molar-refractivity contribution in [2.75, 3.05) is 20.3 Å². The molecule has 0 spiro atoms. The maximum absolute atomic E-state index is 12.1. The number of hydrogen-bond donors (Lipinski definition) is 0. The standard InChI is InChI=1S/C17H25NO3/c1-4-21-17(19)13(2)16-15(20-3)10-11-18(16)12-14-8-6-5-7-9-14/h5-9,13,15-16H,4,10-12H2,1-3H3/t13-,15+,16-/m1/s1. The third kappa shape index (κ3) is 3.83. The highest BCUT2D eigenvalue weighted by Crippen LogP contribution is 2.29. The number of esters is 1. The van der Waals surface area contributed by atoms with Gasteiger partial charge in [0.15, 0.2) is 0 Å². The minimum Gasteiger partial charge on any atom is -0.466 e. The monoisotopic (exact) mass is 291 g/mol. The van der Waals surface area contributed by atoms with Crippen LogP contribution in [0.4, 0.5) is 0 Å². The van der Waals surface area contributed by atoms with Gasteiger partial charge in [-0.1, -0.05) is 37.3 Å². The lowest BCUT2D eigenvalue weighted by molar-refractivity contribution is -0.151. The Bertz CT molecular complexity index is 449. The van der Waals surface area contributed by atoms with Crippen LogP contribution in [0.25, 0.3) is 0 Å². The average Bonchev–Trinajstić information content (AvgIpc) is 2.90. The molecule has 116 valence electrons. The van der Waals surface area contributed by atoms with E-state index in [-0.39, 0.29) is 24.0 Å². The van der Waals surface area contributed by atoms with Crippen molar-refractivity contribution in [3.05, 3.63) is 35.9 Å². The van der Waals surface area contributed by atoms with Gasteiger partial charge >= 0.3 is 5.97 Å². The molecule has 0 aliphatic carbocycles. The number of benzene rings is 1. The van der Waals surface area contributed by atoms with E-state index in [2.05, 4.69) is 17.0 Å². The summed E-state index contributed by atoms with van der Waals surface area (Å²) >= 11 is 0. The zero-order chi connectivity index (χ0) is 15.2. The van der Waals surface area contributed by atoms with Crippen LogP contribution >= 0.6 is 0 Å². The number of methoxy groups -OCH3 is 1. The third-order valence-electron chi connectivity index (χ3n) is 4.21. The minimum absolute atomic E-state index is 0.0780. The summed E-state index contributed by atoms with van der Waals surface area (Å²) in [4.78, 5) is 14.4. The van der Waals surface area contributed by atoms with Crippen molar-refractivity contribution >= 4 is 5.97 Å². The predicted molar refractivity (Wildman–Crippen MR) is 81.9 cm³/mol. The third-order valence-corrected chi connectivity index (χ3v) is 4.21. The number of rotatable bonds is 6. The molecule has 0 radical (unpaired) electrons. The summed E-state index contributed by atoms with van der Waals surface area (Å²) in [7, 11) is 1.72. The molecule has 0 bridgehead atoms. The topological polar surface area (TPSA) is 38.8 Å². The average molecular weight is 291 g/mol. The van der Waals surface area contributed by atoms with Gasteiger partial charge in [0.25, 0.3) is 0 Å². The van der Waals surface area contributed by atoms with Crippen LogP contribution in [0.2, 0.25) is 0 Å². The van der Waals surface area contributed by atoms with Gasteiger partial charge in [0.1, 0.15) is 0 Å². The van der Waals surface area contributed by atoms with Crippen LogP contribution in [0, 0.1) is 5.92 Å². The van der Waals surface area contributed by atoms with Crippen molar-refractivity contribution in [3.8, 4) is 0 Å². The number of nitrogens with zero attached hydrogens (tertiary/aromatic N) is 1. The van der Waals surface area contributed by atoms with Gasteiger partial charge in [0.05, 0.1) is 18.6 Å². The molecule has 0 saturated carbocycles. The van der Waals surface area contributed by atoms with E-state index in [9.17, 15) is 4.79 Å². The Morgan fingerprint density at radius 3 is 2.71 bits per heavy atom. The van der Waals surface area contributed by atoms with E-state index in [0.29, 0.717) is 6.61 Å². The highest BCUT2D eigenvalue weighted by molar-refractivity contribution is 5.73. The van der Waals surface area contributed by atoms with Gasteiger partial charge in [-0.25, -0.2) is 0 Å². The molecule has 1 aromatic carbocycles. The number of hydrogen-bond acceptors (Lipinski definition) is 4. The summed E-state index contributed by atoms with van der Waals surface area (Å²) in [5.41, 5.74) is 1.26. The molecule has 1 fully saturated rings. The molecule has 0 aromatic heterocycles. The number of likely N-dealkylation sites (tertiary alicyclic amines) is 1. The van der Waals surface area contributed by atoms with Gasteiger partial charge in [0.2, 0.25) is 0 Å². The summed E-state index contributed by atoms with van der Waals surface area (Å²) in [6, 6.07) is 10.4. The van der Waals surface area contributed by atoms with Crippen molar-refractivity contribution in [3.63, 3.8) is 0 Å².